The molecule has 7 nitrogen and oxygen atoms in total. The molecular formula is C11H16N2O5S2. The summed E-state index contributed by atoms with van der Waals surface area (Å²) in [6.45, 7) is 1.32. The average Bonchev–Trinajstić information content (AvgIpc) is 2.89. The Bertz CT molecular complexity index is 679. The van der Waals surface area contributed by atoms with Crippen molar-refractivity contribution in [3.05, 3.63) is 24.3 Å². The van der Waals surface area contributed by atoms with Gasteiger partial charge in [0.2, 0.25) is 20.0 Å². The van der Waals surface area contributed by atoms with E-state index in [9.17, 15) is 16.8 Å². The van der Waals surface area contributed by atoms with Gasteiger partial charge in [-0.05, 0) is 24.5 Å². The lowest BCUT2D eigenvalue weighted by Gasteiger charge is -2.12. The van der Waals surface area contributed by atoms with E-state index in [0.29, 0.717) is 13.2 Å². The zero-order valence-electron chi connectivity index (χ0n) is 10.7. The molecule has 1 atom stereocenters. The Balaban J connectivity index is 2.25. The number of primary sulfonamides is 1. The fraction of sp³-hybridized carbons (Fsp3) is 0.455. The van der Waals surface area contributed by atoms with E-state index in [1.165, 1.54) is 24.3 Å². The molecule has 1 heterocycles. The highest BCUT2D eigenvalue weighted by Gasteiger charge is 2.25. The molecule has 0 aliphatic carbocycles. The number of hydrogen-bond donors (Lipinski definition) is 2. The summed E-state index contributed by atoms with van der Waals surface area (Å²) in [5.74, 6) is 0.103. The van der Waals surface area contributed by atoms with Gasteiger partial charge in [0.15, 0.2) is 0 Å². The lowest BCUT2D eigenvalue weighted by molar-refractivity contribution is 0.186. The zero-order valence-corrected chi connectivity index (χ0v) is 12.3. The van der Waals surface area contributed by atoms with Gasteiger partial charge in [0, 0.05) is 13.2 Å². The molecule has 1 aliphatic heterocycles. The first-order valence-electron chi connectivity index (χ1n) is 6.00. The highest BCUT2D eigenvalue weighted by molar-refractivity contribution is 7.92. The van der Waals surface area contributed by atoms with Gasteiger partial charge in [-0.2, -0.15) is 0 Å². The monoisotopic (exact) mass is 320 g/mol. The first-order chi connectivity index (χ1) is 9.31. The molecule has 3 N–H and O–H groups in total. The van der Waals surface area contributed by atoms with Crippen molar-refractivity contribution in [2.24, 2.45) is 11.1 Å². The maximum absolute atomic E-state index is 12.2. The van der Waals surface area contributed by atoms with Crippen LogP contribution in [0.15, 0.2) is 34.1 Å². The van der Waals surface area contributed by atoms with E-state index in [4.69, 9.17) is 9.88 Å². The first kappa shape index (κ1) is 15.4. The fourth-order valence-corrected chi connectivity index (χ4v) is 4.45. The summed E-state index contributed by atoms with van der Waals surface area (Å²) in [5.41, 5.74) is 0. The second kappa shape index (κ2) is 5.78. The third-order valence-corrected chi connectivity index (χ3v) is 5.61. The Labute approximate surface area is 118 Å². The summed E-state index contributed by atoms with van der Waals surface area (Å²) in [7, 11) is -8.02. The van der Waals surface area contributed by atoms with Gasteiger partial charge < -0.3 is 4.74 Å². The lowest BCUT2D eigenvalue weighted by Crippen LogP contribution is -2.31. The van der Waals surface area contributed by atoms with Crippen molar-refractivity contribution in [3.8, 4) is 0 Å². The standard InChI is InChI=1S/C11H16N2O5S2/c12-19(14,15)10-3-1-2-4-11(10)20(16,17)13-7-9-5-6-18-8-9/h1-4,9,13H,5-8H2,(H2,12,14,15). The van der Waals surface area contributed by atoms with Crippen molar-refractivity contribution < 1.29 is 21.6 Å². The van der Waals surface area contributed by atoms with Crippen molar-refractivity contribution in [2.45, 2.75) is 16.2 Å². The van der Waals surface area contributed by atoms with Crippen LogP contribution in [0, 0.1) is 5.92 Å². The third-order valence-electron chi connectivity index (χ3n) is 3.03. The van der Waals surface area contributed by atoms with Gasteiger partial charge >= 0.3 is 0 Å². The number of benzene rings is 1. The molecule has 1 saturated heterocycles. The number of rotatable bonds is 5. The van der Waals surface area contributed by atoms with E-state index in [1.54, 1.807) is 0 Å². The Morgan fingerprint density at radius 1 is 1.20 bits per heavy atom. The van der Waals surface area contributed by atoms with E-state index in [2.05, 4.69) is 4.72 Å². The quantitative estimate of drug-likeness (QED) is 0.769. The molecule has 0 spiro atoms. The minimum Gasteiger partial charge on any atom is -0.381 e. The predicted molar refractivity (Wildman–Crippen MR) is 71.9 cm³/mol. The molecule has 1 aliphatic rings. The van der Waals surface area contributed by atoms with Crippen LogP contribution in [-0.4, -0.2) is 36.6 Å². The highest BCUT2D eigenvalue weighted by atomic mass is 32.2. The van der Waals surface area contributed by atoms with Gasteiger partial charge in [-0.1, -0.05) is 12.1 Å². The molecule has 2 rings (SSSR count). The van der Waals surface area contributed by atoms with Gasteiger partial charge in [-0.3, -0.25) is 0 Å². The molecule has 1 aromatic carbocycles. The summed E-state index contributed by atoms with van der Waals surface area (Å²) in [6.07, 6.45) is 0.777. The second-order valence-corrected chi connectivity index (χ2v) is 7.84. The van der Waals surface area contributed by atoms with Crippen molar-refractivity contribution in [3.63, 3.8) is 0 Å². The van der Waals surface area contributed by atoms with Crippen molar-refractivity contribution in [1.82, 2.24) is 4.72 Å². The lowest BCUT2D eigenvalue weighted by atomic mass is 10.1. The number of nitrogens with two attached hydrogens (primary N) is 1. The molecular weight excluding hydrogens is 304 g/mol. The SMILES string of the molecule is NS(=O)(=O)c1ccccc1S(=O)(=O)NCC1CCOC1. The molecule has 112 valence electrons. The molecule has 1 unspecified atom stereocenters. The molecule has 1 aromatic rings. The van der Waals surface area contributed by atoms with E-state index >= 15 is 0 Å². The summed E-state index contributed by atoms with van der Waals surface area (Å²) < 4.78 is 54.8. The van der Waals surface area contributed by atoms with Gasteiger partial charge in [0.05, 0.1) is 6.61 Å². The predicted octanol–water partition coefficient (Wildman–Crippen LogP) is -0.351. The van der Waals surface area contributed by atoms with Gasteiger partial charge in [0.1, 0.15) is 9.79 Å². The maximum atomic E-state index is 12.2. The van der Waals surface area contributed by atoms with E-state index < -0.39 is 24.9 Å². The molecule has 0 saturated carbocycles. The van der Waals surface area contributed by atoms with Crippen LogP contribution < -0.4 is 9.86 Å². The minimum absolute atomic E-state index is 0.103. The van der Waals surface area contributed by atoms with Crippen LogP contribution in [0.4, 0.5) is 0 Å². The van der Waals surface area contributed by atoms with Crippen LogP contribution in [-0.2, 0) is 24.8 Å². The van der Waals surface area contributed by atoms with Crippen LogP contribution in [0.5, 0.6) is 0 Å². The van der Waals surface area contributed by atoms with Crippen LogP contribution >= 0.6 is 0 Å². The van der Waals surface area contributed by atoms with Gasteiger partial charge in [-0.15, -0.1) is 0 Å². The van der Waals surface area contributed by atoms with Gasteiger partial charge in [-0.25, -0.2) is 26.7 Å². The minimum atomic E-state index is -4.10. The molecule has 0 aromatic heterocycles. The normalized spacial score (nSPS) is 20.1. The van der Waals surface area contributed by atoms with Crippen LogP contribution in [0.2, 0.25) is 0 Å². The summed E-state index contributed by atoms with van der Waals surface area (Å²) in [6, 6.07) is 5.25. The van der Waals surface area contributed by atoms with Crippen molar-refractivity contribution >= 4 is 20.0 Å². The maximum Gasteiger partial charge on any atom is 0.241 e. The van der Waals surface area contributed by atoms with Crippen molar-refractivity contribution in [1.29, 1.82) is 0 Å². The highest BCUT2D eigenvalue weighted by Crippen LogP contribution is 2.20. The Morgan fingerprint density at radius 2 is 1.85 bits per heavy atom. The van der Waals surface area contributed by atoms with Crippen LogP contribution in [0.25, 0.3) is 0 Å². The second-order valence-electron chi connectivity index (χ2n) is 4.57. The van der Waals surface area contributed by atoms with E-state index in [0.717, 1.165) is 6.42 Å². The molecule has 0 bridgehead atoms. The number of ether oxygens (including phenoxy) is 1. The van der Waals surface area contributed by atoms with E-state index in [-0.39, 0.29) is 17.4 Å². The first-order valence-corrected chi connectivity index (χ1v) is 9.03. The van der Waals surface area contributed by atoms with Crippen LogP contribution in [0.3, 0.4) is 0 Å². The number of hydrogen-bond acceptors (Lipinski definition) is 5. The number of nitrogens with one attached hydrogen (secondary N) is 1. The summed E-state index contributed by atoms with van der Waals surface area (Å²) in [5, 5.41) is 5.03. The largest absolute Gasteiger partial charge is 0.381 e. The molecule has 9 heteroatoms. The Morgan fingerprint density at radius 3 is 2.40 bits per heavy atom. The van der Waals surface area contributed by atoms with Gasteiger partial charge in [0.25, 0.3) is 0 Å². The molecule has 0 amide bonds. The average molecular weight is 320 g/mol. The Hall–Kier alpha value is -1.00. The third kappa shape index (κ3) is 3.55. The summed E-state index contributed by atoms with van der Waals surface area (Å²) in [4.78, 5) is -0.739. The molecule has 0 radical (unpaired) electrons. The smallest absolute Gasteiger partial charge is 0.241 e. The molecule has 20 heavy (non-hydrogen) atoms. The fourth-order valence-electron chi connectivity index (χ4n) is 1.96. The van der Waals surface area contributed by atoms with Crippen LogP contribution in [0.1, 0.15) is 6.42 Å². The van der Waals surface area contributed by atoms with Crippen molar-refractivity contribution in [2.75, 3.05) is 19.8 Å². The molecule has 1 fully saturated rings. The number of sulfonamides is 2. The zero-order chi connectivity index (χ0) is 14.8. The topological polar surface area (TPSA) is 116 Å². The van der Waals surface area contributed by atoms with E-state index in [1.807, 2.05) is 0 Å². The summed E-state index contributed by atoms with van der Waals surface area (Å²) >= 11 is 0. The Kier molecular flexibility index (Phi) is 4.45.